The summed E-state index contributed by atoms with van der Waals surface area (Å²) in [6.07, 6.45) is 4.42. The van der Waals surface area contributed by atoms with Crippen LogP contribution in [0.2, 0.25) is 0 Å². The highest BCUT2D eigenvalue weighted by atomic mass is 32.2. The molecule has 40 heavy (non-hydrogen) atoms. The summed E-state index contributed by atoms with van der Waals surface area (Å²) >= 11 is 0.982. The van der Waals surface area contributed by atoms with E-state index >= 15 is 0 Å². The number of rotatable bonds is 14. The van der Waals surface area contributed by atoms with Crippen molar-refractivity contribution in [1.82, 2.24) is 29.6 Å². The van der Waals surface area contributed by atoms with Gasteiger partial charge in [0.2, 0.25) is 5.60 Å². The predicted octanol–water partition coefficient (Wildman–Crippen LogP) is -0.914. The van der Waals surface area contributed by atoms with Crippen molar-refractivity contribution in [1.29, 1.82) is 0 Å². The number of hydrogen-bond acceptors (Lipinski definition) is 13. The lowest BCUT2D eigenvalue weighted by atomic mass is 9.98. The number of unbranched alkanes of at least 4 members (excludes halogenated alkanes) is 1. The van der Waals surface area contributed by atoms with Crippen LogP contribution in [0.1, 0.15) is 56.3 Å². The highest BCUT2D eigenvalue weighted by molar-refractivity contribution is 7.84. The van der Waals surface area contributed by atoms with Gasteiger partial charge in [0, 0.05) is 24.1 Å². The highest BCUT2D eigenvalue weighted by Crippen LogP contribution is 2.40. The van der Waals surface area contributed by atoms with Crippen LogP contribution in [0.4, 0.5) is 5.13 Å². The number of anilines is 1. The third-order valence-corrected chi connectivity index (χ3v) is 8.21. The number of nitrogen functional groups attached to an aromatic ring is 1. The number of thiazole rings is 1. The average Bonchev–Trinajstić information content (AvgIpc) is 3.32. The third-order valence-electron chi connectivity index (χ3n) is 6.59. The summed E-state index contributed by atoms with van der Waals surface area (Å²) in [5.41, 5.74) is 9.75. The molecule has 1 saturated carbocycles. The maximum atomic E-state index is 13.2. The Balaban J connectivity index is 1.53. The van der Waals surface area contributed by atoms with Gasteiger partial charge in [-0.05, 0) is 19.4 Å². The van der Waals surface area contributed by atoms with Gasteiger partial charge in [-0.3, -0.25) is 14.1 Å². The van der Waals surface area contributed by atoms with E-state index < -0.39 is 51.5 Å². The topological polar surface area (TPSA) is 258 Å². The minimum absolute atomic E-state index is 0.0429. The summed E-state index contributed by atoms with van der Waals surface area (Å²) in [6.45, 7) is 2.25. The first-order chi connectivity index (χ1) is 18.9. The average molecular weight is 600 g/mol. The zero-order chi connectivity index (χ0) is 29.2. The maximum Gasteiger partial charge on any atom is 0.362 e. The molecule has 0 aromatic carbocycles. The quantitative estimate of drug-likeness (QED) is 0.0579. The second-order valence-corrected chi connectivity index (χ2v) is 11.7. The Kier molecular flexibility index (Phi) is 8.38. The summed E-state index contributed by atoms with van der Waals surface area (Å²) in [4.78, 5) is 47.7. The fourth-order valence-corrected chi connectivity index (χ4v) is 5.50. The van der Waals surface area contributed by atoms with Crippen molar-refractivity contribution in [2.75, 3.05) is 12.3 Å². The Labute approximate surface area is 232 Å². The molecule has 1 aliphatic carbocycles. The van der Waals surface area contributed by atoms with Crippen molar-refractivity contribution >= 4 is 50.3 Å². The van der Waals surface area contributed by atoms with E-state index in [1.807, 2.05) is 6.92 Å². The number of oxime groups is 1. The Morgan fingerprint density at radius 1 is 1.38 bits per heavy atom. The van der Waals surface area contributed by atoms with Crippen molar-refractivity contribution in [3.05, 3.63) is 23.0 Å². The molecule has 7 N–H and O–H groups in total. The molecule has 2 fully saturated rings. The number of hydrogen-bond donors (Lipinski definition) is 5. The Bertz CT molecular complexity index is 1420. The largest absolute Gasteiger partial charge is 0.478 e. The van der Waals surface area contributed by atoms with E-state index in [4.69, 9.17) is 16.3 Å². The number of nitrogens with two attached hydrogens (primary N) is 2. The second-order valence-electron chi connectivity index (χ2n) is 9.54. The Hall–Kier alpha value is -3.68. The molecule has 2 aliphatic rings. The van der Waals surface area contributed by atoms with Crippen molar-refractivity contribution in [3.63, 3.8) is 0 Å². The second kappa shape index (κ2) is 11.4. The molecule has 4 rings (SSSR count). The number of carboxylic acid groups (broad SMARTS) is 1. The molecule has 1 aliphatic heterocycles. The number of aliphatic carboxylic acids is 1. The lowest BCUT2D eigenvalue weighted by Gasteiger charge is -2.43. The van der Waals surface area contributed by atoms with Gasteiger partial charge in [-0.15, -0.1) is 11.3 Å². The number of nitrogens with one attached hydrogen (secondary N) is 1. The van der Waals surface area contributed by atoms with Crippen LogP contribution in [-0.2, 0) is 36.1 Å². The number of carbonyl (C=O) groups excluding carboxylic acids is 2. The monoisotopic (exact) mass is 599 g/mol. The number of nitrogens with zero attached hydrogens (tertiary/aromatic N) is 6. The molecular formula is C21H29N9O8S2. The van der Waals surface area contributed by atoms with Crippen molar-refractivity contribution < 1.29 is 37.3 Å². The van der Waals surface area contributed by atoms with Crippen LogP contribution >= 0.6 is 11.3 Å². The maximum absolute atomic E-state index is 13.2. The Morgan fingerprint density at radius 2 is 2.10 bits per heavy atom. The predicted molar refractivity (Wildman–Crippen MR) is 139 cm³/mol. The van der Waals surface area contributed by atoms with Gasteiger partial charge in [-0.25, -0.2) is 14.1 Å². The van der Waals surface area contributed by atoms with Crippen molar-refractivity contribution in [3.8, 4) is 0 Å². The standard InChI is InChI=1S/C21H29N9O8S2/c1-11(4-2-3-7-22)12-8-24-29(27-12)9-14-16(18(32)30(14)40(35,36)37)26-17(31)15(13-10-39-20(23)25-13)28-38-21(5-6-21)19(33)34/h8,10-11,14,16H,2-7,9,22H2,1H3,(H2,23,25)(H,26,31)(H,33,34)(H,35,36,37)/b28-15-/t11-,14-,16+/m1/s1. The smallest absolute Gasteiger partial charge is 0.362 e. The normalized spacial score (nSPS) is 21.0. The number of aromatic nitrogens is 4. The minimum atomic E-state index is -4.97. The van der Waals surface area contributed by atoms with Crippen LogP contribution in [0.3, 0.4) is 0 Å². The molecule has 0 spiro atoms. The molecule has 2 aromatic heterocycles. The van der Waals surface area contributed by atoms with Gasteiger partial charge < -0.3 is 26.7 Å². The van der Waals surface area contributed by atoms with Gasteiger partial charge in [-0.1, -0.05) is 18.5 Å². The summed E-state index contributed by atoms with van der Waals surface area (Å²) in [5.74, 6) is -3.33. The number of β-lactam (4-membered cyclic amide) rings is 1. The van der Waals surface area contributed by atoms with E-state index in [1.54, 1.807) is 0 Å². The van der Waals surface area contributed by atoms with Gasteiger partial charge >= 0.3 is 16.3 Å². The molecule has 0 radical (unpaired) electrons. The van der Waals surface area contributed by atoms with E-state index in [9.17, 15) is 32.5 Å². The molecule has 2 amide bonds. The van der Waals surface area contributed by atoms with Gasteiger partial charge in [0.15, 0.2) is 10.8 Å². The molecule has 1 saturated heterocycles. The van der Waals surface area contributed by atoms with E-state index in [2.05, 4.69) is 25.7 Å². The lowest BCUT2D eigenvalue weighted by Crippen LogP contribution is -2.73. The summed E-state index contributed by atoms with van der Waals surface area (Å²) < 4.78 is 33.7. The fourth-order valence-electron chi connectivity index (χ4n) is 4.08. The molecule has 2 aromatic rings. The summed E-state index contributed by atoms with van der Waals surface area (Å²) in [5, 5.41) is 25.4. The summed E-state index contributed by atoms with van der Waals surface area (Å²) in [6, 6.07) is -2.71. The van der Waals surface area contributed by atoms with Gasteiger partial charge in [0.05, 0.1) is 18.4 Å². The molecule has 0 bridgehead atoms. The van der Waals surface area contributed by atoms with Gasteiger partial charge in [-0.2, -0.15) is 23.4 Å². The van der Waals surface area contributed by atoms with E-state index in [0.29, 0.717) is 12.2 Å². The van der Waals surface area contributed by atoms with Gasteiger partial charge in [0.25, 0.3) is 11.8 Å². The summed E-state index contributed by atoms with van der Waals surface area (Å²) in [7, 11) is -4.97. The van der Waals surface area contributed by atoms with Crippen LogP contribution in [0.5, 0.6) is 0 Å². The van der Waals surface area contributed by atoms with Crippen molar-refractivity contribution in [2.24, 2.45) is 10.9 Å². The number of carbonyl (C=O) groups is 3. The first-order valence-electron chi connectivity index (χ1n) is 12.3. The van der Waals surface area contributed by atoms with Crippen LogP contribution in [0.15, 0.2) is 16.7 Å². The van der Waals surface area contributed by atoms with E-state index in [1.165, 1.54) is 16.4 Å². The molecule has 3 atom stereocenters. The molecule has 0 unspecified atom stereocenters. The Morgan fingerprint density at radius 3 is 2.67 bits per heavy atom. The number of amides is 2. The van der Waals surface area contributed by atoms with Crippen LogP contribution < -0.4 is 16.8 Å². The van der Waals surface area contributed by atoms with Crippen LogP contribution in [-0.4, -0.2) is 90.1 Å². The van der Waals surface area contributed by atoms with Gasteiger partial charge in [0.1, 0.15) is 17.8 Å². The third kappa shape index (κ3) is 6.21. The minimum Gasteiger partial charge on any atom is -0.478 e. The zero-order valence-corrected chi connectivity index (χ0v) is 23.0. The zero-order valence-electron chi connectivity index (χ0n) is 21.3. The number of carboxylic acids is 1. The van der Waals surface area contributed by atoms with Crippen LogP contribution in [0.25, 0.3) is 0 Å². The van der Waals surface area contributed by atoms with Crippen LogP contribution in [0, 0.1) is 0 Å². The molecule has 3 heterocycles. The lowest BCUT2D eigenvalue weighted by molar-refractivity contribution is -0.153. The molecule has 19 heteroatoms. The highest BCUT2D eigenvalue weighted by Gasteiger charge is 2.56. The molecule has 17 nitrogen and oxygen atoms in total. The SMILES string of the molecule is C[C@H](CCCCN)c1cnn(C[C@@H]2[C@H](NC(=O)/C(=N\OC3(C(=O)O)CC3)c3csc(N)n3)C(=O)N2S(=O)(=O)O)n1. The van der Waals surface area contributed by atoms with E-state index in [-0.39, 0.29) is 40.4 Å². The first kappa shape index (κ1) is 29.3. The van der Waals surface area contributed by atoms with Crippen molar-refractivity contribution in [2.45, 2.75) is 69.2 Å². The fraction of sp³-hybridized carbons (Fsp3) is 0.571. The molecular weight excluding hydrogens is 570 g/mol. The van der Waals surface area contributed by atoms with E-state index in [0.717, 1.165) is 30.6 Å². The first-order valence-corrected chi connectivity index (χ1v) is 14.6. The molecule has 218 valence electrons.